The standard InChI is InChI=1S/C28H36N8S2/c1-5-33(6-2)24-13-14-25(34(7-3)8-4)31-26(24)35-15-17-36(18-16-35)28(37)32-27-30-23(20-38-27)22-11-9-21(19-29)10-12-22/h9-14,20H,5-8,15-18H2,1-4H3,(H,30,32,37). The van der Waals surface area contributed by atoms with E-state index in [4.69, 9.17) is 27.4 Å². The number of thiocarbonyl (C=S) groups is 1. The number of anilines is 4. The number of aromatic nitrogens is 2. The van der Waals surface area contributed by atoms with Gasteiger partial charge in [-0.05, 0) is 64.2 Å². The van der Waals surface area contributed by atoms with Gasteiger partial charge in [-0.1, -0.05) is 12.1 Å². The highest BCUT2D eigenvalue weighted by molar-refractivity contribution is 7.80. The van der Waals surface area contributed by atoms with Crippen molar-refractivity contribution in [1.29, 1.82) is 5.26 Å². The Morgan fingerprint density at radius 2 is 1.61 bits per heavy atom. The maximum absolute atomic E-state index is 9.02. The van der Waals surface area contributed by atoms with Gasteiger partial charge < -0.3 is 24.9 Å². The number of hydrogen-bond acceptors (Lipinski definition) is 8. The number of thiazole rings is 1. The fourth-order valence-corrected chi connectivity index (χ4v) is 5.73. The number of hydrogen-bond donors (Lipinski definition) is 1. The smallest absolute Gasteiger partial charge is 0.189 e. The van der Waals surface area contributed by atoms with E-state index in [0.29, 0.717) is 10.7 Å². The summed E-state index contributed by atoms with van der Waals surface area (Å²) < 4.78 is 0. The SMILES string of the molecule is CCN(CC)c1ccc(N(CC)CC)c(N2CCN(C(=S)Nc3nc(-c4ccc(C#N)cc4)cs3)CC2)n1. The predicted molar refractivity (Wildman–Crippen MR) is 164 cm³/mol. The van der Waals surface area contributed by atoms with Crippen LogP contribution in [0.1, 0.15) is 33.3 Å². The quantitative estimate of drug-likeness (QED) is 0.359. The molecule has 3 heterocycles. The molecule has 0 aliphatic carbocycles. The number of nitriles is 1. The second-order valence-electron chi connectivity index (χ2n) is 8.99. The molecular weight excluding hydrogens is 512 g/mol. The average molecular weight is 549 g/mol. The maximum atomic E-state index is 9.02. The largest absolute Gasteiger partial charge is 0.369 e. The van der Waals surface area contributed by atoms with E-state index in [9.17, 15) is 0 Å². The molecule has 0 amide bonds. The second kappa shape index (κ2) is 12.9. The van der Waals surface area contributed by atoms with Crippen LogP contribution >= 0.6 is 23.6 Å². The van der Waals surface area contributed by atoms with Gasteiger partial charge in [-0.15, -0.1) is 11.3 Å². The zero-order valence-corrected chi connectivity index (χ0v) is 24.3. The Labute approximate surface area is 235 Å². The minimum atomic E-state index is 0.641. The normalized spacial score (nSPS) is 13.2. The van der Waals surface area contributed by atoms with Crippen molar-refractivity contribution in [3.05, 3.63) is 47.3 Å². The molecule has 0 unspecified atom stereocenters. The summed E-state index contributed by atoms with van der Waals surface area (Å²) in [5.41, 5.74) is 3.69. The van der Waals surface area contributed by atoms with Crippen molar-refractivity contribution in [2.24, 2.45) is 0 Å². The van der Waals surface area contributed by atoms with Gasteiger partial charge in [0.05, 0.1) is 23.0 Å². The number of nitrogens with one attached hydrogen (secondary N) is 1. The lowest BCUT2D eigenvalue weighted by Crippen LogP contribution is -2.50. The van der Waals surface area contributed by atoms with Crippen molar-refractivity contribution >= 4 is 51.1 Å². The predicted octanol–water partition coefficient (Wildman–Crippen LogP) is 5.29. The van der Waals surface area contributed by atoms with Gasteiger partial charge in [0.25, 0.3) is 0 Å². The maximum Gasteiger partial charge on any atom is 0.189 e. The van der Waals surface area contributed by atoms with Gasteiger partial charge in [0.1, 0.15) is 5.82 Å². The molecule has 2 aromatic heterocycles. The Morgan fingerprint density at radius 3 is 2.21 bits per heavy atom. The second-order valence-corrected chi connectivity index (χ2v) is 10.2. The summed E-state index contributed by atoms with van der Waals surface area (Å²) in [6, 6.07) is 14.0. The van der Waals surface area contributed by atoms with Crippen LogP contribution in [0.5, 0.6) is 0 Å². The summed E-state index contributed by atoms with van der Waals surface area (Å²) in [5.74, 6) is 2.09. The summed E-state index contributed by atoms with van der Waals surface area (Å²) in [6.45, 7) is 15.8. The van der Waals surface area contributed by atoms with Crippen LogP contribution in [-0.4, -0.2) is 72.3 Å². The Bertz CT molecular complexity index is 1250. The topological polar surface area (TPSA) is 74.6 Å². The number of nitrogens with zero attached hydrogens (tertiary/aromatic N) is 7. The molecule has 1 aromatic carbocycles. The van der Waals surface area contributed by atoms with Crippen LogP contribution < -0.4 is 20.0 Å². The van der Waals surface area contributed by atoms with Crippen molar-refractivity contribution in [3.63, 3.8) is 0 Å². The van der Waals surface area contributed by atoms with Gasteiger partial charge in [0.2, 0.25) is 0 Å². The van der Waals surface area contributed by atoms with Crippen LogP contribution in [-0.2, 0) is 0 Å². The number of piperazine rings is 1. The third kappa shape index (κ3) is 6.17. The van der Waals surface area contributed by atoms with Crippen molar-refractivity contribution < 1.29 is 0 Å². The third-order valence-electron chi connectivity index (χ3n) is 6.93. The van der Waals surface area contributed by atoms with Gasteiger partial charge in [0.15, 0.2) is 16.1 Å². The zero-order valence-electron chi connectivity index (χ0n) is 22.6. The minimum absolute atomic E-state index is 0.641. The molecule has 0 radical (unpaired) electrons. The first-order valence-electron chi connectivity index (χ1n) is 13.3. The fourth-order valence-electron chi connectivity index (χ4n) is 4.67. The molecule has 38 heavy (non-hydrogen) atoms. The van der Waals surface area contributed by atoms with Crippen LogP contribution in [0.2, 0.25) is 0 Å². The van der Waals surface area contributed by atoms with Gasteiger partial charge in [0, 0.05) is 63.3 Å². The highest BCUT2D eigenvalue weighted by Gasteiger charge is 2.24. The lowest BCUT2D eigenvalue weighted by atomic mass is 10.1. The molecular formula is C28H36N8S2. The lowest BCUT2D eigenvalue weighted by molar-refractivity contribution is 0.389. The van der Waals surface area contributed by atoms with Crippen LogP contribution in [0.3, 0.4) is 0 Å². The molecule has 0 saturated carbocycles. The van der Waals surface area contributed by atoms with E-state index in [2.05, 4.69) is 70.8 Å². The summed E-state index contributed by atoms with van der Waals surface area (Å²) in [5, 5.41) is 15.8. The fraction of sp³-hybridized carbons (Fsp3) is 0.429. The number of rotatable bonds is 9. The van der Waals surface area contributed by atoms with Crippen molar-refractivity contribution in [2.45, 2.75) is 27.7 Å². The molecule has 0 bridgehead atoms. The van der Waals surface area contributed by atoms with E-state index in [-0.39, 0.29) is 0 Å². The Morgan fingerprint density at radius 1 is 0.947 bits per heavy atom. The van der Waals surface area contributed by atoms with Crippen LogP contribution in [0, 0.1) is 11.3 Å². The molecule has 1 aliphatic rings. The first-order chi connectivity index (χ1) is 18.5. The molecule has 1 N–H and O–H groups in total. The number of pyridine rings is 1. The highest BCUT2D eigenvalue weighted by atomic mass is 32.1. The molecule has 3 aromatic rings. The van der Waals surface area contributed by atoms with E-state index in [1.54, 1.807) is 0 Å². The van der Waals surface area contributed by atoms with Crippen LogP contribution in [0.15, 0.2) is 41.8 Å². The summed E-state index contributed by atoms with van der Waals surface area (Å²) in [4.78, 5) is 19.1. The molecule has 8 nitrogen and oxygen atoms in total. The molecule has 0 spiro atoms. The first-order valence-corrected chi connectivity index (χ1v) is 14.6. The molecule has 0 atom stereocenters. The average Bonchev–Trinajstić information content (AvgIpc) is 3.43. The summed E-state index contributed by atoms with van der Waals surface area (Å²) in [7, 11) is 0. The van der Waals surface area contributed by atoms with Gasteiger partial charge in [-0.2, -0.15) is 5.26 Å². The van der Waals surface area contributed by atoms with E-state index < -0.39 is 0 Å². The molecule has 1 saturated heterocycles. The van der Waals surface area contributed by atoms with Crippen molar-refractivity contribution in [2.75, 3.05) is 72.4 Å². The zero-order chi connectivity index (χ0) is 27.1. The summed E-state index contributed by atoms with van der Waals surface area (Å²) in [6.07, 6.45) is 0. The Kier molecular flexibility index (Phi) is 9.37. The highest BCUT2D eigenvalue weighted by Crippen LogP contribution is 2.31. The Hall–Kier alpha value is -3.42. The third-order valence-corrected chi connectivity index (χ3v) is 8.04. The van der Waals surface area contributed by atoms with E-state index in [0.717, 1.165) is 80.4 Å². The monoisotopic (exact) mass is 548 g/mol. The van der Waals surface area contributed by atoms with Crippen LogP contribution in [0.25, 0.3) is 11.3 Å². The van der Waals surface area contributed by atoms with Crippen molar-refractivity contribution in [1.82, 2.24) is 14.9 Å². The van der Waals surface area contributed by atoms with Gasteiger partial charge >= 0.3 is 0 Å². The molecule has 1 aliphatic heterocycles. The molecule has 200 valence electrons. The minimum Gasteiger partial charge on any atom is -0.369 e. The number of benzene rings is 1. The lowest BCUT2D eigenvalue weighted by Gasteiger charge is -2.38. The van der Waals surface area contributed by atoms with Gasteiger partial charge in [-0.25, -0.2) is 9.97 Å². The molecule has 1 fully saturated rings. The van der Waals surface area contributed by atoms with Crippen molar-refractivity contribution in [3.8, 4) is 17.3 Å². The summed E-state index contributed by atoms with van der Waals surface area (Å²) >= 11 is 7.29. The molecule has 4 rings (SSSR count). The van der Waals surface area contributed by atoms with Gasteiger partial charge in [-0.3, -0.25) is 0 Å². The van der Waals surface area contributed by atoms with Crippen LogP contribution in [0.4, 0.5) is 22.5 Å². The first kappa shape index (κ1) is 27.6. The van der Waals surface area contributed by atoms with E-state index in [1.165, 1.54) is 17.0 Å². The molecule has 10 heteroatoms. The Balaban J connectivity index is 1.42. The van der Waals surface area contributed by atoms with E-state index in [1.807, 2.05) is 29.6 Å². The van der Waals surface area contributed by atoms with E-state index >= 15 is 0 Å².